The van der Waals surface area contributed by atoms with Crippen molar-refractivity contribution in [2.75, 3.05) is 11.9 Å². The number of anilines is 1. The van der Waals surface area contributed by atoms with E-state index in [2.05, 4.69) is 34.8 Å². The molecule has 2 saturated heterocycles. The third-order valence-corrected chi connectivity index (χ3v) is 10.7. The molecule has 6 rings (SSSR count). The molecule has 2 spiro atoms. The maximum Gasteiger partial charge on any atom is 0.332 e. The minimum absolute atomic E-state index is 0.00513. The Kier molecular flexibility index (Phi) is 7.31. The van der Waals surface area contributed by atoms with Gasteiger partial charge in [0.25, 0.3) is 0 Å². The van der Waals surface area contributed by atoms with Crippen LogP contribution in [0.4, 0.5) is 10.1 Å². The van der Waals surface area contributed by atoms with Gasteiger partial charge in [0.2, 0.25) is 11.8 Å². The van der Waals surface area contributed by atoms with Crippen LogP contribution < -0.4 is 16.0 Å². The molecule has 4 N–H and O–H groups in total. The molecule has 43 heavy (non-hydrogen) atoms. The van der Waals surface area contributed by atoms with E-state index in [0.717, 1.165) is 12.8 Å². The van der Waals surface area contributed by atoms with Crippen molar-refractivity contribution in [1.82, 2.24) is 15.6 Å². The van der Waals surface area contributed by atoms with Crippen LogP contribution in [0, 0.1) is 11.2 Å². The Morgan fingerprint density at radius 1 is 1.12 bits per heavy atom. The standard InChI is InChI=1S/C31H35Cl2FN4O5/c1-28(2)9-11-30(12-10-28)31(18-5-4-16(32)14-19(18)36-27(31)42)21(17-7-13-35-24(33)22(17)34)23(37-30)25(39)38-29(3)8-6-20(26(40)41)43-15-29/h4-5,7,13-14,20-21,23,37H,6,8-12,15H2,1-3H3,(H,36,42)(H,38,39)(H,40,41)/t20-,21-,23+,29+,31+/m0/s1. The molecule has 9 nitrogen and oxygen atoms in total. The fourth-order valence-electron chi connectivity index (χ4n) is 7.89. The van der Waals surface area contributed by atoms with Crippen LogP contribution in [0.2, 0.25) is 10.2 Å². The minimum atomic E-state index is -1.38. The number of amides is 2. The van der Waals surface area contributed by atoms with Gasteiger partial charge in [-0.25, -0.2) is 14.2 Å². The molecule has 2 amide bonds. The van der Waals surface area contributed by atoms with E-state index in [1.54, 1.807) is 25.1 Å². The highest BCUT2D eigenvalue weighted by Crippen LogP contribution is 2.64. The average Bonchev–Trinajstić information content (AvgIpc) is 3.40. The Bertz CT molecular complexity index is 1500. The molecule has 0 radical (unpaired) electrons. The van der Waals surface area contributed by atoms with E-state index in [4.69, 9.17) is 27.9 Å². The van der Waals surface area contributed by atoms with E-state index in [-0.39, 0.29) is 35.1 Å². The fraction of sp³-hybridized carbons (Fsp3) is 0.548. The number of carbonyl (C=O) groups excluding carboxylic acids is 2. The number of carbonyl (C=O) groups is 3. The SMILES string of the molecule is CC1(C)CCC2(CC1)N[C@@H](C(=O)N[C@]1(C)CC[C@@H](C(=O)O)OC1)[C@H](c1ccnc(Cl)c1F)[C@]21C(=O)Nc2cc(Cl)ccc21. The Morgan fingerprint density at radius 2 is 1.84 bits per heavy atom. The fourth-order valence-corrected chi connectivity index (χ4v) is 8.22. The number of ether oxygens (including phenoxy) is 1. The summed E-state index contributed by atoms with van der Waals surface area (Å²) < 4.78 is 21.6. The van der Waals surface area contributed by atoms with Crippen molar-refractivity contribution in [3.8, 4) is 0 Å². The third-order valence-electron chi connectivity index (χ3n) is 10.2. The minimum Gasteiger partial charge on any atom is -0.479 e. The van der Waals surface area contributed by atoms with Crippen LogP contribution in [0.25, 0.3) is 0 Å². The third kappa shape index (κ3) is 4.72. The highest BCUT2D eigenvalue weighted by Gasteiger charge is 2.73. The number of nitrogens with one attached hydrogen (secondary N) is 3. The first-order valence-corrected chi connectivity index (χ1v) is 15.3. The van der Waals surface area contributed by atoms with Gasteiger partial charge in [-0.1, -0.05) is 43.1 Å². The Hall–Kier alpha value is -2.79. The zero-order valence-electron chi connectivity index (χ0n) is 24.2. The second kappa shape index (κ2) is 10.4. The summed E-state index contributed by atoms with van der Waals surface area (Å²) in [5.74, 6) is -3.61. The normalized spacial score (nSPS) is 32.4. The van der Waals surface area contributed by atoms with Gasteiger partial charge in [0.1, 0.15) is 5.41 Å². The molecule has 4 aliphatic rings. The first kappa shape index (κ1) is 30.2. The molecular weight excluding hydrogens is 598 g/mol. The summed E-state index contributed by atoms with van der Waals surface area (Å²) in [4.78, 5) is 44.3. The maximum absolute atomic E-state index is 16.0. The molecule has 0 unspecified atom stereocenters. The molecule has 230 valence electrons. The van der Waals surface area contributed by atoms with E-state index >= 15 is 4.39 Å². The van der Waals surface area contributed by atoms with Crippen LogP contribution in [0.1, 0.15) is 76.3 Å². The number of fused-ring (bicyclic) bond motifs is 3. The maximum atomic E-state index is 16.0. The summed E-state index contributed by atoms with van der Waals surface area (Å²) in [6.45, 7) is 6.16. The van der Waals surface area contributed by atoms with E-state index in [1.807, 2.05) is 0 Å². The highest BCUT2D eigenvalue weighted by atomic mass is 35.5. The number of hydrogen-bond donors (Lipinski definition) is 4. The number of pyridine rings is 1. The summed E-state index contributed by atoms with van der Waals surface area (Å²) >= 11 is 12.6. The number of carboxylic acids is 1. The molecule has 1 aromatic carbocycles. The quantitative estimate of drug-likeness (QED) is 0.351. The van der Waals surface area contributed by atoms with E-state index in [9.17, 15) is 19.5 Å². The lowest BCUT2D eigenvalue weighted by molar-refractivity contribution is -0.156. The van der Waals surface area contributed by atoms with Crippen LogP contribution in [0.5, 0.6) is 0 Å². The average molecular weight is 634 g/mol. The van der Waals surface area contributed by atoms with E-state index in [0.29, 0.717) is 35.5 Å². The molecule has 12 heteroatoms. The molecule has 1 aliphatic carbocycles. The topological polar surface area (TPSA) is 130 Å². The van der Waals surface area contributed by atoms with Gasteiger partial charge in [0, 0.05) is 28.4 Å². The number of hydrogen-bond acceptors (Lipinski definition) is 6. The van der Waals surface area contributed by atoms with Crippen molar-refractivity contribution in [2.24, 2.45) is 5.41 Å². The van der Waals surface area contributed by atoms with Crippen LogP contribution >= 0.6 is 23.2 Å². The van der Waals surface area contributed by atoms with Gasteiger partial charge >= 0.3 is 5.97 Å². The summed E-state index contributed by atoms with van der Waals surface area (Å²) in [5.41, 5.74) is -1.84. The zero-order chi connectivity index (χ0) is 30.9. The lowest BCUT2D eigenvalue weighted by Crippen LogP contribution is -2.62. The number of carboxylic acid groups (broad SMARTS) is 1. The van der Waals surface area contributed by atoms with E-state index in [1.165, 1.54) is 12.3 Å². The van der Waals surface area contributed by atoms with Crippen molar-refractivity contribution in [1.29, 1.82) is 0 Å². The number of benzene rings is 1. The van der Waals surface area contributed by atoms with Crippen molar-refractivity contribution in [3.05, 3.63) is 57.6 Å². The summed E-state index contributed by atoms with van der Waals surface area (Å²) in [6.07, 6.45) is 3.72. The lowest BCUT2D eigenvalue weighted by atomic mass is 9.53. The van der Waals surface area contributed by atoms with Crippen molar-refractivity contribution >= 4 is 46.7 Å². The Labute approximate surface area is 259 Å². The summed E-state index contributed by atoms with van der Waals surface area (Å²) in [6, 6.07) is 5.64. The molecule has 2 aromatic rings. The monoisotopic (exact) mass is 632 g/mol. The van der Waals surface area contributed by atoms with Gasteiger partial charge in [0.15, 0.2) is 17.1 Å². The number of aliphatic carboxylic acids is 1. The van der Waals surface area contributed by atoms with Crippen molar-refractivity contribution in [3.63, 3.8) is 0 Å². The van der Waals surface area contributed by atoms with Gasteiger partial charge in [-0.2, -0.15) is 0 Å². The first-order valence-electron chi connectivity index (χ1n) is 14.6. The van der Waals surface area contributed by atoms with Gasteiger partial charge in [0.05, 0.1) is 18.2 Å². The predicted octanol–water partition coefficient (Wildman–Crippen LogP) is 4.95. The molecule has 1 aromatic heterocycles. The number of nitrogens with zero attached hydrogens (tertiary/aromatic N) is 1. The molecule has 1 saturated carbocycles. The predicted molar refractivity (Wildman–Crippen MR) is 159 cm³/mol. The van der Waals surface area contributed by atoms with Crippen molar-refractivity contribution in [2.45, 2.75) is 93.9 Å². The molecule has 4 heterocycles. The van der Waals surface area contributed by atoms with Gasteiger partial charge < -0.3 is 20.5 Å². The van der Waals surface area contributed by atoms with Gasteiger partial charge in [-0.15, -0.1) is 0 Å². The summed E-state index contributed by atoms with van der Waals surface area (Å²) in [5, 5.41) is 19.2. The van der Waals surface area contributed by atoms with Gasteiger partial charge in [-0.05, 0) is 80.2 Å². The summed E-state index contributed by atoms with van der Waals surface area (Å²) in [7, 11) is 0. The second-order valence-corrected chi connectivity index (χ2v) is 14.3. The molecular formula is C31H35Cl2FN4O5. The molecule has 3 fully saturated rings. The lowest BCUT2D eigenvalue weighted by Gasteiger charge is -2.50. The van der Waals surface area contributed by atoms with Crippen LogP contribution in [-0.2, 0) is 24.5 Å². The largest absolute Gasteiger partial charge is 0.479 e. The first-order chi connectivity index (χ1) is 20.2. The smallest absolute Gasteiger partial charge is 0.332 e. The van der Waals surface area contributed by atoms with Crippen molar-refractivity contribution < 1.29 is 28.6 Å². The van der Waals surface area contributed by atoms with Gasteiger partial charge in [-0.3, -0.25) is 14.9 Å². The number of rotatable bonds is 4. The molecule has 5 atom stereocenters. The number of halogens is 3. The molecule has 0 bridgehead atoms. The highest BCUT2D eigenvalue weighted by molar-refractivity contribution is 6.31. The van der Waals surface area contributed by atoms with Crippen LogP contribution in [0.15, 0.2) is 30.5 Å². The van der Waals surface area contributed by atoms with E-state index < -0.39 is 52.3 Å². The molecule has 3 aliphatic heterocycles. The Morgan fingerprint density at radius 3 is 2.49 bits per heavy atom. The second-order valence-electron chi connectivity index (χ2n) is 13.5. The zero-order valence-corrected chi connectivity index (χ0v) is 25.7. The number of aromatic nitrogens is 1. The van der Waals surface area contributed by atoms with Crippen LogP contribution in [-0.4, -0.2) is 57.7 Å². The Balaban J connectivity index is 1.51. The van der Waals surface area contributed by atoms with Crippen LogP contribution in [0.3, 0.4) is 0 Å².